The Morgan fingerprint density at radius 3 is 3.13 bits per heavy atom. The lowest BCUT2D eigenvalue weighted by Gasteiger charge is -1.97. The molecule has 0 N–H and O–H groups in total. The molecule has 15 heavy (non-hydrogen) atoms. The molecule has 0 saturated carbocycles. The van der Waals surface area contributed by atoms with E-state index in [1.165, 1.54) is 6.20 Å². The van der Waals surface area contributed by atoms with Crippen LogP contribution < -0.4 is 0 Å². The summed E-state index contributed by atoms with van der Waals surface area (Å²) in [7, 11) is 0. The Bertz CT molecular complexity index is 615. The summed E-state index contributed by atoms with van der Waals surface area (Å²) in [5, 5.41) is 2.38. The Balaban J connectivity index is 2.26. The molecule has 74 valence electrons. The van der Waals surface area contributed by atoms with Crippen LogP contribution >= 0.6 is 22.9 Å². The molecule has 0 aromatic carbocycles. The molecule has 0 aliphatic heterocycles. The third kappa shape index (κ3) is 1.40. The first kappa shape index (κ1) is 8.82. The van der Waals surface area contributed by atoms with Gasteiger partial charge in [-0.25, -0.2) is 9.97 Å². The first-order chi connectivity index (χ1) is 7.34. The number of hydrogen-bond acceptors (Lipinski definition) is 4. The van der Waals surface area contributed by atoms with E-state index in [1.807, 2.05) is 16.0 Å². The van der Waals surface area contributed by atoms with E-state index in [1.54, 1.807) is 23.7 Å². The number of nitrogens with zero attached hydrogens (tertiary/aromatic N) is 4. The summed E-state index contributed by atoms with van der Waals surface area (Å²) < 4.78 is 1.96. The molecule has 0 radical (unpaired) electrons. The first-order valence-electron chi connectivity index (χ1n) is 4.23. The molecule has 4 nitrogen and oxygen atoms in total. The van der Waals surface area contributed by atoms with Gasteiger partial charge in [0.2, 0.25) is 0 Å². The molecule has 0 atom stereocenters. The van der Waals surface area contributed by atoms with Gasteiger partial charge in [0.1, 0.15) is 10.8 Å². The predicted octanol–water partition coefficient (Wildman–Crippen LogP) is 2.51. The summed E-state index contributed by atoms with van der Waals surface area (Å²) in [6, 6.07) is 0. The van der Waals surface area contributed by atoms with Gasteiger partial charge in [-0.15, -0.1) is 11.3 Å². The Morgan fingerprint density at radius 1 is 1.33 bits per heavy atom. The van der Waals surface area contributed by atoms with E-state index < -0.39 is 0 Å². The monoisotopic (exact) mass is 236 g/mol. The smallest absolute Gasteiger partial charge is 0.194 e. The van der Waals surface area contributed by atoms with Gasteiger partial charge in [-0.05, 0) is 0 Å². The topological polar surface area (TPSA) is 43.1 Å². The van der Waals surface area contributed by atoms with Crippen molar-refractivity contribution in [1.82, 2.24) is 19.4 Å². The van der Waals surface area contributed by atoms with Crippen LogP contribution in [0.2, 0.25) is 5.15 Å². The molecule has 0 aliphatic carbocycles. The van der Waals surface area contributed by atoms with E-state index in [2.05, 4.69) is 15.0 Å². The van der Waals surface area contributed by atoms with Gasteiger partial charge in [-0.2, -0.15) is 0 Å². The summed E-state index contributed by atoms with van der Waals surface area (Å²) >= 11 is 7.35. The van der Waals surface area contributed by atoms with Crippen molar-refractivity contribution in [3.63, 3.8) is 0 Å². The molecular formula is C9H5ClN4S. The zero-order valence-electron chi connectivity index (χ0n) is 7.46. The predicted molar refractivity (Wildman–Crippen MR) is 59.1 cm³/mol. The summed E-state index contributed by atoms with van der Waals surface area (Å²) in [6.07, 6.45) is 6.85. The van der Waals surface area contributed by atoms with E-state index >= 15 is 0 Å². The minimum absolute atomic E-state index is 0.395. The van der Waals surface area contributed by atoms with Crippen molar-refractivity contribution in [2.45, 2.75) is 0 Å². The van der Waals surface area contributed by atoms with Gasteiger partial charge in [0, 0.05) is 17.8 Å². The van der Waals surface area contributed by atoms with Crippen LogP contribution in [0.4, 0.5) is 0 Å². The van der Waals surface area contributed by atoms with Gasteiger partial charge >= 0.3 is 0 Å². The lowest BCUT2D eigenvalue weighted by Crippen LogP contribution is -1.89. The Morgan fingerprint density at radius 2 is 2.27 bits per heavy atom. The number of hydrogen-bond donors (Lipinski definition) is 0. The molecule has 0 bridgehead atoms. The summed E-state index contributed by atoms with van der Waals surface area (Å²) in [6.45, 7) is 0. The molecule has 0 fully saturated rings. The Hall–Kier alpha value is -1.46. The molecule has 3 aromatic rings. The number of rotatable bonds is 1. The van der Waals surface area contributed by atoms with E-state index in [4.69, 9.17) is 11.6 Å². The van der Waals surface area contributed by atoms with Crippen LogP contribution in [-0.4, -0.2) is 19.4 Å². The highest BCUT2D eigenvalue weighted by Crippen LogP contribution is 2.23. The number of imidazole rings is 1. The fourth-order valence-corrected chi connectivity index (χ4v) is 2.37. The second kappa shape index (κ2) is 3.29. The normalized spacial score (nSPS) is 11.0. The Kier molecular flexibility index (Phi) is 1.93. The lowest BCUT2D eigenvalue weighted by atomic mass is 10.3. The molecule has 3 aromatic heterocycles. The molecule has 0 amide bonds. The van der Waals surface area contributed by atoms with Gasteiger partial charge in [-0.1, -0.05) is 11.6 Å². The highest BCUT2D eigenvalue weighted by molar-refractivity contribution is 7.15. The molecule has 3 rings (SSSR count). The average Bonchev–Trinajstić information content (AvgIpc) is 2.77. The van der Waals surface area contributed by atoms with Crippen LogP contribution in [0.5, 0.6) is 0 Å². The number of fused-ring (bicyclic) bond motifs is 1. The fourth-order valence-electron chi connectivity index (χ4n) is 1.37. The zero-order valence-corrected chi connectivity index (χ0v) is 9.03. The number of thiazole rings is 1. The van der Waals surface area contributed by atoms with Gasteiger partial charge < -0.3 is 0 Å². The standard InChI is InChI=1S/C9H5ClN4S/c10-8-4-11-3-6(13-8)7-5-15-9-12-1-2-14(7)9/h1-5H. The van der Waals surface area contributed by atoms with Crippen molar-refractivity contribution in [1.29, 1.82) is 0 Å². The molecule has 0 aliphatic rings. The van der Waals surface area contributed by atoms with Crippen molar-refractivity contribution in [3.05, 3.63) is 35.3 Å². The molecule has 3 heterocycles. The van der Waals surface area contributed by atoms with Crippen LogP contribution in [0.3, 0.4) is 0 Å². The molecule has 6 heteroatoms. The fraction of sp³-hybridized carbons (Fsp3) is 0. The average molecular weight is 237 g/mol. The lowest BCUT2D eigenvalue weighted by molar-refractivity contribution is 1.15. The number of aromatic nitrogens is 4. The van der Waals surface area contributed by atoms with E-state index in [9.17, 15) is 0 Å². The van der Waals surface area contributed by atoms with Gasteiger partial charge in [0.15, 0.2) is 4.96 Å². The maximum absolute atomic E-state index is 5.79. The molecule has 0 saturated heterocycles. The quantitative estimate of drug-likeness (QED) is 0.652. The molecule has 0 unspecified atom stereocenters. The highest BCUT2D eigenvalue weighted by Gasteiger charge is 2.08. The van der Waals surface area contributed by atoms with Crippen molar-refractivity contribution in [3.8, 4) is 11.4 Å². The zero-order chi connectivity index (χ0) is 10.3. The Labute approximate surface area is 94.2 Å². The van der Waals surface area contributed by atoms with Crippen molar-refractivity contribution in [2.24, 2.45) is 0 Å². The van der Waals surface area contributed by atoms with Gasteiger partial charge in [0.25, 0.3) is 0 Å². The summed E-state index contributed by atoms with van der Waals surface area (Å²) in [4.78, 5) is 13.3. The van der Waals surface area contributed by atoms with Crippen molar-refractivity contribution in [2.75, 3.05) is 0 Å². The minimum atomic E-state index is 0.395. The number of halogens is 1. The van der Waals surface area contributed by atoms with Crippen LogP contribution in [0.1, 0.15) is 0 Å². The van der Waals surface area contributed by atoms with Crippen LogP contribution in [0, 0.1) is 0 Å². The van der Waals surface area contributed by atoms with Crippen LogP contribution in [0.25, 0.3) is 16.3 Å². The maximum atomic E-state index is 5.79. The second-order valence-corrected chi connectivity index (χ2v) is 4.15. The van der Waals surface area contributed by atoms with Crippen LogP contribution in [-0.2, 0) is 0 Å². The third-order valence-corrected chi connectivity index (χ3v) is 3.05. The van der Waals surface area contributed by atoms with E-state index in [-0.39, 0.29) is 0 Å². The van der Waals surface area contributed by atoms with E-state index in [0.717, 1.165) is 16.3 Å². The SMILES string of the molecule is Clc1cncc(-c2csc3nccn23)n1. The van der Waals surface area contributed by atoms with E-state index in [0.29, 0.717) is 5.15 Å². The highest BCUT2D eigenvalue weighted by atomic mass is 35.5. The minimum Gasteiger partial charge on any atom is -0.289 e. The first-order valence-corrected chi connectivity index (χ1v) is 5.49. The second-order valence-electron chi connectivity index (χ2n) is 2.93. The van der Waals surface area contributed by atoms with Gasteiger partial charge in [-0.3, -0.25) is 9.38 Å². The van der Waals surface area contributed by atoms with Gasteiger partial charge in [0.05, 0.1) is 18.1 Å². The molecular weight excluding hydrogens is 232 g/mol. The largest absolute Gasteiger partial charge is 0.289 e. The van der Waals surface area contributed by atoms with Crippen molar-refractivity contribution < 1.29 is 0 Å². The third-order valence-electron chi connectivity index (χ3n) is 2.01. The summed E-state index contributed by atoms with van der Waals surface area (Å²) in [5.74, 6) is 0. The van der Waals surface area contributed by atoms with Crippen molar-refractivity contribution >= 4 is 27.9 Å². The van der Waals surface area contributed by atoms with Crippen LogP contribution in [0.15, 0.2) is 30.2 Å². The molecule has 0 spiro atoms. The maximum Gasteiger partial charge on any atom is 0.194 e. The summed E-state index contributed by atoms with van der Waals surface area (Å²) in [5.41, 5.74) is 1.72.